The van der Waals surface area contributed by atoms with Gasteiger partial charge in [0, 0.05) is 18.2 Å². The molecular formula is C15H24N2O3. The smallest absolute Gasteiger partial charge is 0.240 e. The summed E-state index contributed by atoms with van der Waals surface area (Å²) in [6, 6.07) is 5.49. The summed E-state index contributed by atoms with van der Waals surface area (Å²) in [7, 11) is 3.19. The molecule has 5 nitrogen and oxygen atoms in total. The van der Waals surface area contributed by atoms with Crippen LogP contribution in [0.1, 0.15) is 32.3 Å². The SMILES string of the molecule is CCC(N)(CC)C(=O)NCc1ccc(OC)cc1OC. The van der Waals surface area contributed by atoms with Crippen molar-refractivity contribution < 1.29 is 14.3 Å². The molecule has 0 radical (unpaired) electrons. The van der Waals surface area contributed by atoms with Crippen molar-refractivity contribution in [1.82, 2.24) is 5.32 Å². The topological polar surface area (TPSA) is 73.6 Å². The van der Waals surface area contributed by atoms with Gasteiger partial charge in [-0.3, -0.25) is 4.79 Å². The summed E-state index contributed by atoms with van der Waals surface area (Å²) in [6.07, 6.45) is 1.21. The normalized spacial score (nSPS) is 11.1. The minimum absolute atomic E-state index is 0.139. The fraction of sp³-hybridized carbons (Fsp3) is 0.533. The molecule has 20 heavy (non-hydrogen) atoms. The van der Waals surface area contributed by atoms with Crippen LogP contribution in [0.3, 0.4) is 0 Å². The van der Waals surface area contributed by atoms with Crippen LogP contribution in [-0.4, -0.2) is 25.7 Å². The summed E-state index contributed by atoms with van der Waals surface area (Å²) in [4.78, 5) is 12.1. The molecule has 0 aliphatic carbocycles. The highest BCUT2D eigenvalue weighted by Gasteiger charge is 2.29. The Balaban J connectivity index is 2.77. The number of rotatable bonds is 7. The van der Waals surface area contributed by atoms with Gasteiger partial charge in [0.2, 0.25) is 5.91 Å². The van der Waals surface area contributed by atoms with E-state index in [1.807, 2.05) is 26.0 Å². The predicted octanol–water partition coefficient (Wildman–Crippen LogP) is 1.84. The lowest BCUT2D eigenvalue weighted by Gasteiger charge is -2.25. The van der Waals surface area contributed by atoms with Crippen molar-refractivity contribution in [1.29, 1.82) is 0 Å². The monoisotopic (exact) mass is 280 g/mol. The van der Waals surface area contributed by atoms with E-state index in [-0.39, 0.29) is 5.91 Å². The molecule has 0 atom stereocenters. The van der Waals surface area contributed by atoms with Crippen LogP contribution in [0.4, 0.5) is 0 Å². The molecule has 0 aliphatic rings. The molecule has 1 aromatic carbocycles. The Morgan fingerprint density at radius 2 is 1.90 bits per heavy atom. The van der Waals surface area contributed by atoms with E-state index in [0.29, 0.717) is 30.9 Å². The first-order chi connectivity index (χ1) is 9.50. The quantitative estimate of drug-likeness (QED) is 0.799. The average molecular weight is 280 g/mol. The van der Waals surface area contributed by atoms with E-state index in [1.165, 1.54) is 0 Å². The van der Waals surface area contributed by atoms with Gasteiger partial charge in [-0.2, -0.15) is 0 Å². The molecule has 112 valence electrons. The van der Waals surface area contributed by atoms with E-state index in [4.69, 9.17) is 15.2 Å². The maximum atomic E-state index is 12.1. The maximum absolute atomic E-state index is 12.1. The first-order valence-electron chi connectivity index (χ1n) is 6.78. The largest absolute Gasteiger partial charge is 0.497 e. The molecule has 0 aliphatic heterocycles. The summed E-state index contributed by atoms with van der Waals surface area (Å²) >= 11 is 0. The minimum atomic E-state index is -0.806. The zero-order chi connectivity index (χ0) is 15.2. The summed E-state index contributed by atoms with van der Waals surface area (Å²) in [5.74, 6) is 1.26. The molecule has 0 heterocycles. The summed E-state index contributed by atoms with van der Waals surface area (Å²) in [5.41, 5.74) is 6.14. The Labute approximate surface area is 120 Å². The van der Waals surface area contributed by atoms with Crippen LogP contribution in [0.15, 0.2) is 18.2 Å². The van der Waals surface area contributed by atoms with E-state index >= 15 is 0 Å². The molecule has 1 amide bonds. The van der Waals surface area contributed by atoms with E-state index in [2.05, 4.69) is 5.32 Å². The molecule has 0 saturated carbocycles. The molecule has 1 rings (SSSR count). The van der Waals surface area contributed by atoms with Crippen LogP contribution in [0, 0.1) is 0 Å². The third-order valence-electron chi connectivity index (χ3n) is 3.65. The Kier molecular flexibility index (Phi) is 5.82. The number of amides is 1. The van der Waals surface area contributed by atoms with Crippen molar-refractivity contribution in [3.63, 3.8) is 0 Å². The van der Waals surface area contributed by atoms with Crippen LogP contribution in [0.5, 0.6) is 11.5 Å². The standard InChI is InChI=1S/C15H24N2O3/c1-5-15(16,6-2)14(18)17-10-11-7-8-12(19-3)9-13(11)20-4/h7-9H,5-6,10,16H2,1-4H3,(H,17,18). The van der Waals surface area contributed by atoms with E-state index in [0.717, 1.165) is 5.56 Å². The van der Waals surface area contributed by atoms with Gasteiger partial charge >= 0.3 is 0 Å². The molecule has 5 heteroatoms. The van der Waals surface area contributed by atoms with Crippen LogP contribution in [0.25, 0.3) is 0 Å². The second kappa shape index (κ2) is 7.14. The van der Waals surface area contributed by atoms with Crippen molar-refractivity contribution in [3.05, 3.63) is 23.8 Å². The third kappa shape index (κ3) is 3.63. The molecular weight excluding hydrogens is 256 g/mol. The molecule has 0 bridgehead atoms. The Morgan fingerprint density at radius 3 is 2.40 bits per heavy atom. The first kappa shape index (κ1) is 16.3. The number of methoxy groups -OCH3 is 2. The molecule has 0 spiro atoms. The molecule has 0 fully saturated rings. The van der Waals surface area contributed by atoms with Gasteiger partial charge in [-0.05, 0) is 25.0 Å². The Morgan fingerprint density at radius 1 is 1.25 bits per heavy atom. The third-order valence-corrected chi connectivity index (χ3v) is 3.65. The summed E-state index contributed by atoms with van der Waals surface area (Å²) in [5, 5.41) is 2.87. The second-order valence-corrected chi connectivity index (χ2v) is 4.72. The lowest BCUT2D eigenvalue weighted by molar-refractivity contribution is -0.126. The lowest BCUT2D eigenvalue weighted by Crippen LogP contribution is -2.52. The average Bonchev–Trinajstić information content (AvgIpc) is 2.51. The number of ether oxygens (including phenoxy) is 2. The zero-order valence-electron chi connectivity index (χ0n) is 12.7. The molecule has 0 aromatic heterocycles. The fourth-order valence-corrected chi connectivity index (χ4v) is 1.92. The van der Waals surface area contributed by atoms with Gasteiger partial charge in [-0.15, -0.1) is 0 Å². The number of benzene rings is 1. The number of nitrogens with two attached hydrogens (primary N) is 1. The van der Waals surface area contributed by atoms with Crippen molar-refractivity contribution in [2.45, 2.75) is 38.8 Å². The number of carbonyl (C=O) groups is 1. The van der Waals surface area contributed by atoms with Crippen LogP contribution < -0.4 is 20.5 Å². The van der Waals surface area contributed by atoms with Gasteiger partial charge in [0.15, 0.2) is 0 Å². The van der Waals surface area contributed by atoms with Crippen LogP contribution in [-0.2, 0) is 11.3 Å². The molecule has 0 saturated heterocycles. The minimum Gasteiger partial charge on any atom is -0.497 e. The maximum Gasteiger partial charge on any atom is 0.240 e. The predicted molar refractivity (Wildman–Crippen MR) is 78.9 cm³/mol. The Hall–Kier alpha value is -1.75. The number of hydrogen-bond donors (Lipinski definition) is 2. The number of hydrogen-bond acceptors (Lipinski definition) is 4. The van der Waals surface area contributed by atoms with Crippen LogP contribution in [0.2, 0.25) is 0 Å². The van der Waals surface area contributed by atoms with Gasteiger partial charge < -0.3 is 20.5 Å². The number of carbonyl (C=O) groups excluding carboxylic acids is 1. The van der Waals surface area contributed by atoms with Gasteiger partial charge in [0.1, 0.15) is 11.5 Å². The fourth-order valence-electron chi connectivity index (χ4n) is 1.92. The van der Waals surface area contributed by atoms with Crippen molar-refractivity contribution >= 4 is 5.91 Å². The van der Waals surface area contributed by atoms with E-state index in [1.54, 1.807) is 20.3 Å². The van der Waals surface area contributed by atoms with Crippen molar-refractivity contribution in [2.24, 2.45) is 5.73 Å². The summed E-state index contributed by atoms with van der Waals surface area (Å²) in [6.45, 7) is 4.21. The zero-order valence-corrected chi connectivity index (χ0v) is 12.7. The number of nitrogens with one attached hydrogen (secondary N) is 1. The highest BCUT2D eigenvalue weighted by molar-refractivity contribution is 5.85. The summed E-state index contributed by atoms with van der Waals surface area (Å²) < 4.78 is 10.4. The van der Waals surface area contributed by atoms with Crippen LogP contribution >= 0.6 is 0 Å². The highest BCUT2D eigenvalue weighted by atomic mass is 16.5. The molecule has 3 N–H and O–H groups in total. The van der Waals surface area contributed by atoms with E-state index in [9.17, 15) is 4.79 Å². The second-order valence-electron chi connectivity index (χ2n) is 4.72. The van der Waals surface area contributed by atoms with Gasteiger partial charge in [0.25, 0.3) is 0 Å². The van der Waals surface area contributed by atoms with E-state index < -0.39 is 5.54 Å². The van der Waals surface area contributed by atoms with Gasteiger partial charge in [0.05, 0.1) is 19.8 Å². The van der Waals surface area contributed by atoms with Gasteiger partial charge in [-0.25, -0.2) is 0 Å². The first-order valence-corrected chi connectivity index (χ1v) is 6.78. The highest BCUT2D eigenvalue weighted by Crippen LogP contribution is 2.24. The van der Waals surface area contributed by atoms with Crippen molar-refractivity contribution in [3.8, 4) is 11.5 Å². The van der Waals surface area contributed by atoms with Gasteiger partial charge in [-0.1, -0.05) is 13.8 Å². The van der Waals surface area contributed by atoms with Crippen molar-refractivity contribution in [2.75, 3.05) is 14.2 Å². The molecule has 1 aromatic rings. The molecule has 0 unspecified atom stereocenters. The lowest BCUT2D eigenvalue weighted by atomic mass is 9.93. The Bertz CT molecular complexity index is 456.